The van der Waals surface area contributed by atoms with E-state index in [1.54, 1.807) is 18.4 Å². The summed E-state index contributed by atoms with van der Waals surface area (Å²) in [5.74, 6) is -0.573. The summed E-state index contributed by atoms with van der Waals surface area (Å²) in [7, 11) is -7.14. The maximum atomic E-state index is 12.8. The summed E-state index contributed by atoms with van der Waals surface area (Å²) in [5.41, 5.74) is 1.01. The summed E-state index contributed by atoms with van der Waals surface area (Å²) in [6.07, 6.45) is 2.70. The van der Waals surface area contributed by atoms with Crippen LogP contribution in [0.1, 0.15) is 28.1 Å². The normalized spacial score (nSPS) is 15.8. The van der Waals surface area contributed by atoms with Gasteiger partial charge in [-0.3, -0.25) is 4.79 Å². The van der Waals surface area contributed by atoms with Crippen molar-refractivity contribution in [3.63, 3.8) is 0 Å². The van der Waals surface area contributed by atoms with Gasteiger partial charge in [0, 0.05) is 25.0 Å². The fourth-order valence-electron chi connectivity index (χ4n) is 2.88. The van der Waals surface area contributed by atoms with Crippen molar-refractivity contribution in [1.29, 1.82) is 0 Å². The van der Waals surface area contributed by atoms with Crippen LogP contribution >= 0.6 is 11.3 Å². The number of hydrogen-bond acceptors (Lipinski definition) is 6. The molecule has 1 aliphatic rings. The Bertz CT molecular complexity index is 1080. The zero-order valence-corrected chi connectivity index (χ0v) is 17.4. The largest absolute Gasteiger partial charge is 0.321 e. The molecule has 0 aliphatic carbocycles. The molecule has 0 saturated carbocycles. The van der Waals surface area contributed by atoms with Gasteiger partial charge in [-0.1, -0.05) is 6.07 Å². The molecule has 1 aromatic carbocycles. The molecule has 0 radical (unpaired) electrons. The number of aryl methyl sites for hydroxylation is 1. The summed E-state index contributed by atoms with van der Waals surface area (Å²) < 4.78 is 50.5. The molecule has 1 aliphatic heterocycles. The van der Waals surface area contributed by atoms with Crippen LogP contribution in [0.5, 0.6) is 0 Å². The molecule has 1 N–H and O–H groups in total. The Morgan fingerprint density at radius 3 is 2.41 bits per heavy atom. The zero-order valence-electron chi connectivity index (χ0n) is 14.9. The Balaban J connectivity index is 1.92. The van der Waals surface area contributed by atoms with Gasteiger partial charge in [0.25, 0.3) is 5.91 Å². The van der Waals surface area contributed by atoms with E-state index in [0.717, 1.165) is 30.4 Å². The highest BCUT2D eigenvalue weighted by Crippen LogP contribution is 2.29. The third-order valence-corrected chi connectivity index (χ3v) is 8.50. The van der Waals surface area contributed by atoms with Crippen molar-refractivity contribution in [3.05, 3.63) is 40.1 Å². The van der Waals surface area contributed by atoms with Gasteiger partial charge in [-0.2, -0.15) is 4.31 Å². The lowest BCUT2D eigenvalue weighted by Crippen LogP contribution is -2.29. The quantitative estimate of drug-likeness (QED) is 0.789. The van der Waals surface area contributed by atoms with Crippen LogP contribution in [0.2, 0.25) is 0 Å². The molecule has 1 fully saturated rings. The topological polar surface area (TPSA) is 101 Å². The molecule has 2 heterocycles. The molecule has 1 amide bonds. The van der Waals surface area contributed by atoms with E-state index in [1.807, 2.05) is 0 Å². The van der Waals surface area contributed by atoms with Crippen LogP contribution in [0.15, 0.2) is 39.4 Å². The van der Waals surface area contributed by atoms with Gasteiger partial charge in [-0.25, -0.2) is 16.8 Å². The van der Waals surface area contributed by atoms with Crippen molar-refractivity contribution in [2.75, 3.05) is 24.7 Å². The molecular weight excluding hydrogens is 408 g/mol. The van der Waals surface area contributed by atoms with Gasteiger partial charge in [-0.05, 0) is 48.9 Å². The molecule has 10 heteroatoms. The van der Waals surface area contributed by atoms with Crippen LogP contribution in [-0.4, -0.2) is 46.4 Å². The Morgan fingerprint density at radius 2 is 1.78 bits per heavy atom. The summed E-state index contributed by atoms with van der Waals surface area (Å²) in [6, 6.07) is 5.88. The molecule has 1 aromatic heterocycles. The SMILES string of the molecule is Cc1ccc(S(C)(=O)=O)cc1NC(=O)c1sccc1S(=O)(=O)N1CCCC1. The summed E-state index contributed by atoms with van der Waals surface area (Å²) in [4.78, 5) is 12.9. The van der Waals surface area contributed by atoms with Crippen molar-refractivity contribution < 1.29 is 21.6 Å². The summed E-state index contributed by atoms with van der Waals surface area (Å²) in [6.45, 7) is 2.64. The molecule has 2 aromatic rings. The standard InChI is InChI=1S/C17H20N2O5S3/c1-12-5-6-13(26(2,21)22)11-14(12)18-17(20)16-15(7-10-25-16)27(23,24)19-8-3-4-9-19/h5-7,10-11H,3-4,8-9H2,1-2H3,(H,18,20). The van der Waals surface area contributed by atoms with Gasteiger partial charge in [0.1, 0.15) is 9.77 Å². The summed E-state index contributed by atoms with van der Waals surface area (Å²) >= 11 is 1.04. The number of sulfonamides is 1. The number of hydrogen-bond donors (Lipinski definition) is 1. The number of nitrogens with zero attached hydrogens (tertiary/aromatic N) is 1. The lowest BCUT2D eigenvalue weighted by Gasteiger charge is -2.16. The number of thiophene rings is 1. The van der Waals surface area contributed by atoms with Crippen LogP contribution in [0.3, 0.4) is 0 Å². The number of carbonyl (C=O) groups excluding carboxylic acids is 1. The fraction of sp³-hybridized carbons (Fsp3) is 0.353. The monoisotopic (exact) mass is 428 g/mol. The van der Waals surface area contributed by atoms with E-state index in [-0.39, 0.29) is 14.7 Å². The number of sulfone groups is 1. The summed E-state index contributed by atoms with van der Waals surface area (Å²) in [5, 5.41) is 4.22. The molecule has 0 bridgehead atoms. The Morgan fingerprint density at radius 1 is 1.11 bits per heavy atom. The highest BCUT2D eigenvalue weighted by molar-refractivity contribution is 7.90. The molecule has 7 nitrogen and oxygen atoms in total. The maximum Gasteiger partial charge on any atom is 0.267 e. The number of rotatable bonds is 5. The Hall–Kier alpha value is -1.75. The van der Waals surface area contributed by atoms with Crippen LogP contribution in [0, 0.1) is 6.92 Å². The molecule has 27 heavy (non-hydrogen) atoms. The maximum absolute atomic E-state index is 12.8. The molecule has 0 atom stereocenters. The average Bonchev–Trinajstić information content (AvgIpc) is 3.28. The van der Waals surface area contributed by atoms with E-state index in [1.165, 1.54) is 22.5 Å². The van der Waals surface area contributed by atoms with Gasteiger partial charge in [0.15, 0.2) is 9.84 Å². The highest BCUT2D eigenvalue weighted by Gasteiger charge is 2.32. The first-order chi connectivity index (χ1) is 12.6. The predicted octanol–water partition coefficient (Wildman–Crippen LogP) is 2.50. The van der Waals surface area contributed by atoms with E-state index in [2.05, 4.69) is 5.32 Å². The Labute approximate surface area is 163 Å². The van der Waals surface area contributed by atoms with Gasteiger partial charge < -0.3 is 5.32 Å². The first-order valence-electron chi connectivity index (χ1n) is 8.30. The van der Waals surface area contributed by atoms with Crippen LogP contribution in [0.4, 0.5) is 5.69 Å². The number of nitrogens with one attached hydrogen (secondary N) is 1. The van der Waals surface area contributed by atoms with Crippen LogP contribution < -0.4 is 5.32 Å². The van der Waals surface area contributed by atoms with Crippen LogP contribution in [-0.2, 0) is 19.9 Å². The minimum atomic E-state index is -3.72. The van der Waals surface area contributed by atoms with E-state index < -0.39 is 25.8 Å². The molecule has 3 rings (SSSR count). The molecular formula is C17H20N2O5S3. The number of amides is 1. The number of carbonyl (C=O) groups is 1. The minimum Gasteiger partial charge on any atom is -0.321 e. The zero-order chi connectivity index (χ0) is 19.8. The van der Waals surface area contributed by atoms with Gasteiger partial charge in [0.2, 0.25) is 10.0 Å². The smallest absolute Gasteiger partial charge is 0.267 e. The van der Waals surface area contributed by atoms with Crippen molar-refractivity contribution in [3.8, 4) is 0 Å². The van der Waals surface area contributed by atoms with E-state index in [0.29, 0.717) is 24.3 Å². The number of benzene rings is 1. The third-order valence-electron chi connectivity index (χ3n) is 4.40. The lowest BCUT2D eigenvalue weighted by molar-refractivity contribution is 0.102. The molecule has 0 spiro atoms. The van der Waals surface area contributed by atoms with Gasteiger partial charge >= 0.3 is 0 Å². The predicted molar refractivity (Wildman–Crippen MR) is 105 cm³/mol. The Kier molecular flexibility index (Phi) is 5.44. The van der Waals surface area contributed by atoms with Crippen molar-refractivity contribution in [2.24, 2.45) is 0 Å². The van der Waals surface area contributed by atoms with Crippen molar-refractivity contribution in [2.45, 2.75) is 29.6 Å². The molecule has 0 unspecified atom stereocenters. The second kappa shape index (κ2) is 7.34. The van der Waals surface area contributed by atoms with E-state index >= 15 is 0 Å². The lowest BCUT2D eigenvalue weighted by atomic mass is 10.2. The van der Waals surface area contributed by atoms with E-state index in [9.17, 15) is 21.6 Å². The second-order valence-corrected chi connectivity index (χ2v) is 11.3. The molecule has 146 valence electrons. The highest BCUT2D eigenvalue weighted by atomic mass is 32.2. The second-order valence-electron chi connectivity index (χ2n) is 6.43. The molecule has 1 saturated heterocycles. The fourth-order valence-corrected chi connectivity index (χ4v) is 6.34. The first kappa shape index (κ1) is 20.0. The average molecular weight is 429 g/mol. The number of anilines is 1. The minimum absolute atomic E-state index is 0.0104. The van der Waals surface area contributed by atoms with Gasteiger partial charge in [-0.15, -0.1) is 11.3 Å². The van der Waals surface area contributed by atoms with Crippen LogP contribution in [0.25, 0.3) is 0 Å². The van der Waals surface area contributed by atoms with Crippen molar-refractivity contribution in [1.82, 2.24) is 4.31 Å². The van der Waals surface area contributed by atoms with Crippen molar-refractivity contribution >= 4 is 42.8 Å². The van der Waals surface area contributed by atoms with E-state index in [4.69, 9.17) is 0 Å². The van der Waals surface area contributed by atoms with Gasteiger partial charge in [0.05, 0.1) is 4.90 Å². The first-order valence-corrected chi connectivity index (χ1v) is 12.5. The third kappa shape index (κ3) is 4.08.